The highest BCUT2D eigenvalue weighted by Gasteiger charge is 2.53. The largest absolute Gasteiger partial charge is 0.352 e. The molecule has 0 aromatic heterocycles. The van der Waals surface area contributed by atoms with E-state index in [1.165, 1.54) is 11.8 Å². The van der Waals surface area contributed by atoms with E-state index in [1.807, 2.05) is 60.7 Å². The molecule has 0 radical (unpaired) electrons. The smallest absolute Gasteiger partial charge is 0.250 e. The van der Waals surface area contributed by atoms with Crippen molar-refractivity contribution in [1.29, 1.82) is 0 Å². The van der Waals surface area contributed by atoms with E-state index in [0.717, 1.165) is 11.1 Å². The summed E-state index contributed by atoms with van der Waals surface area (Å²) >= 11 is 1.53. The van der Waals surface area contributed by atoms with Crippen LogP contribution in [0.2, 0.25) is 0 Å². The van der Waals surface area contributed by atoms with Crippen molar-refractivity contribution in [3.63, 3.8) is 0 Å². The number of ether oxygens (including phenoxy) is 1. The summed E-state index contributed by atoms with van der Waals surface area (Å²) in [6.07, 6.45) is 0. The van der Waals surface area contributed by atoms with Gasteiger partial charge in [0.1, 0.15) is 4.75 Å². The molecule has 1 amide bonds. The fourth-order valence-electron chi connectivity index (χ4n) is 2.73. The van der Waals surface area contributed by atoms with Crippen LogP contribution in [0.5, 0.6) is 0 Å². The van der Waals surface area contributed by atoms with Gasteiger partial charge in [-0.2, -0.15) is 0 Å². The van der Waals surface area contributed by atoms with Crippen LogP contribution in [0.25, 0.3) is 0 Å². The van der Waals surface area contributed by atoms with E-state index >= 15 is 0 Å². The topological polar surface area (TPSA) is 29.5 Å². The van der Waals surface area contributed by atoms with Gasteiger partial charge >= 0.3 is 0 Å². The molecule has 2 aromatic carbocycles. The molecule has 3 nitrogen and oxygen atoms in total. The van der Waals surface area contributed by atoms with Crippen molar-refractivity contribution in [3.8, 4) is 0 Å². The molecule has 1 unspecified atom stereocenters. The van der Waals surface area contributed by atoms with Gasteiger partial charge in [-0.3, -0.25) is 4.79 Å². The van der Waals surface area contributed by atoms with Crippen LogP contribution in [0, 0.1) is 0 Å². The highest BCUT2D eigenvalue weighted by atomic mass is 32.2. The van der Waals surface area contributed by atoms with Gasteiger partial charge < -0.3 is 9.64 Å². The minimum Gasteiger partial charge on any atom is -0.352 e. The van der Waals surface area contributed by atoms with E-state index in [4.69, 9.17) is 4.74 Å². The molecule has 1 heterocycles. The van der Waals surface area contributed by atoms with Gasteiger partial charge in [-0.25, -0.2) is 0 Å². The van der Waals surface area contributed by atoms with Crippen LogP contribution in [0.4, 0.5) is 0 Å². The van der Waals surface area contributed by atoms with Gasteiger partial charge in [-0.15, -0.1) is 0 Å². The number of benzene rings is 2. The summed E-state index contributed by atoms with van der Waals surface area (Å²) in [4.78, 5) is 14.7. The molecule has 1 aliphatic heterocycles. The van der Waals surface area contributed by atoms with Crippen LogP contribution >= 0.6 is 11.8 Å². The number of thioether (sulfide) groups is 1. The van der Waals surface area contributed by atoms with E-state index in [-0.39, 0.29) is 11.5 Å². The molecule has 0 saturated carbocycles. The van der Waals surface area contributed by atoms with Crippen LogP contribution in [0.3, 0.4) is 0 Å². The Morgan fingerprint density at radius 1 is 1.00 bits per heavy atom. The second-order valence-electron chi connectivity index (χ2n) is 4.99. The molecule has 21 heavy (non-hydrogen) atoms. The van der Waals surface area contributed by atoms with Gasteiger partial charge in [0.15, 0.2) is 5.56 Å². The zero-order chi connectivity index (χ0) is 14.9. The lowest BCUT2D eigenvalue weighted by molar-refractivity contribution is -0.134. The maximum Gasteiger partial charge on any atom is 0.250 e. The molecule has 1 atom stereocenters. The van der Waals surface area contributed by atoms with Crippen LogP contribution in [0.15, 0.2) is 60.7 Å². The molecule has 4 heteroatoms. The number of hydrogen-bond acceptors (Lipinski definition) is 3. The third-order valence-corrected chi connectivity index (χ3v) is 5.49. The first-order chi connectivity index (χ1) is 10.2. The van der Waals surface area contributed by atoms with Crippen molar-refractivity contribution < 1.29 is 9.53 Å². The summed E-state index contributed by atoms with van der Waals surface area (Å²) in [6.45, 7) is 0. The molecule has 0 N–H and O–H groups in total. The highest BCUT2D eigenvalue weighted by molar-refractivity contribution is 8.02. The first kappa shape index (κ1) is 14.2. The molecular weight excluding hydrogens is 282 g/mol. The van der Waals surface area contributed by atoms with Gasteiger partial charge in [0.05, 0.1) is 0 Å². The van der Waals surface area contributed by atoms with Crippen molar-refractivity contribution in [1.82, 2.24) is 4.90 Å². The number of likely N-dealkylation sites (N-methyl/N-ethyl adjacent to an activating group) is 1. The van der Waals surface area contributed by atoms with Crippen LogP contribution in [-0.4, -0.2) is 30.5 Å². The Morgan fingerprint density at radius 3 is 1.86 bits per heavy atom. The van der Waals surface area contributed by atoms with E-state index in [1.54, 1.807) is 19.1 Å². The Hall–Kier alpha value is -1.78. The highest BCUT2D eigenvalue weighted by Crippen LogP contribution is 2.51. The van der Waals surface area contributed by atoms with Crippen LogP contribution in [0.1, 0.15) is 11.1 Å². The third kappa shape index (κ3) is 2.15. The number of carbonyl (C=O) groups is 1. The zero-order valence-electron chi connectivity index (χ0n) is 12.0. The standard InChI is InChI=1S/C17H17NO2S/c1-18-15(19)17(21-16(18)20-2,13-9-5-3-6-10-13)14-11-7-4-8-12-14/h3-12,16H,1-2H3. The average molecular weight is 299 g/mol. The normalized spacial score (nSPS) is 20.8. The number of amides is 1. The maximum absolute atomic E-state index is 13.0. The van der Waals surface area contributed by atoms with E-state index < -0.39 is 4.75 Å². The Kier molecular flexibility index (Phi) is 3.74. The molecule has 2 aromatic rings. The lowest BCUT2D eigenvalue weighted by Crippen LogP contribution is -2.37. The molecular formula is C17H17NO2S. The van der Waals surface area contributed by atoms with Gasteiger partial charge in [0.25, 0.3) is 0 Å². The predicted octanol–water partition coefficient (Wildman–Crippen LogP) is 3.07. The summed E-state index contributed by atoms with van der Waals surface area (Å²) < 4.78 is 4.72. The van der Waals surface area contributed by atoms with Crippen molar-refractivity contribution in [2.45, 2.75) is 10.3 Å². The van der Waals surface area contributed by atoms with Crippen molar-refractivity contribution >= 4 is 17.7 Å². The maximum atomic E-state index is 13.0. The second-order valence-corrected chi connectivity index (χ2v) is 6.24. The molecule has 1 saturated heterocycles. The van der Waals surface area contributed by atoms with Crippen molar-refractivity contribution in [2.75, 3.05) is 14.2 Å². The number of methoxy groups -OCH3 is 1. The summed E-state index contributed by atoms with van der Waals surface area (Å²) in [5.41, 5.74) is 1.69. The van der Waals surface area contributed by atoms with Gasteiger partial charge in [-0.1, -0.05) is 72.4 Å². The Balaban J connectivity index is 2.20. The summed E-state index contributed by atoms with van der Waals surface area (Å²) in [5.74, 6) is 0.0525. The molecule has 1 fully saturated rings. The fourth-order valence-corrected chi connectivity index (χ4v) is 4.17. The second kappa shape index (κ2) is 5.54. The van der Waals surface area contributed by atoms with Crippen molar-refractivity contribution in [3.05, 3.63) is 71.8 Å². The van der Waals surface area contributed by atoms with Crippen LogP contribution in [-0.2, 0) is 14.3 Å². The number of rotatable bonds is 3. The van der Waals surface area contributed by atoms with E-state index in [9.17, 15) is 4.79 Å². The lowest BCUT2D eigenvalue weighted by atomic mass is 9.89. The number of hydrogen-bond donors (Lipinski definition) is 0. The molecule has 1 aliphatic rings. The molecule has 108 valence electrons. The SMILES string of the molecule is COC1SC(c2ccccc2)(c2ccccc2)C(=O)N1C. The predicted molar refractivity (Wildman–Crippen MR) is 84.8 cm³/mol. The third-order valence-electron chi connectivity index (χ3n) is 3.78. The summed E-state index contributed by atoms with van der Waals surface area (Å²) in [5, 5.41) is 0. The monoisotopic (exact) mass is 299 g/mol. The lowest BCUT2D eigenvalue weighted by Gasteiger charge is -2.26. The molecule has 0 bridgehead atoms. The summed E-state index contributed by atoms with van der Waals surface area (Å²) in [6, 6.07) is 19.8. The number of nitrogens with zero attached hydrogens (tertiary/aromatic N) is 1. The van der Waals surface area contributed by atoms with Crippen LogP contribution < -0.4 is 0 Å². The quantitative estimate of drug-likeness (QED) is 0.872. The Morgan fingerprint density at radius 2 is 1.48 bits per heavy atom. The van der Waals surface area contributed by atoms with E-state index in [0.29, 0.717) is 0 Å². The Labute approximate surface area is 128 Å². The van der Waals surface area contributed by atoms with Gasteiger partial charge in [-0.05, 0) is 11.1 Å². The Bertz CT molecular complexity index is 590. The minimum absolute atomic E-state index is 0.0525. The molecule has 0 spiro atoms. The first-order valence-electron chi connectivity index (χ1n) is 6.79. The molecule has 3 rings (SSSR count). The first-order valence-corrected chi connectivity index (χ1v) is 7.67. The molecule has 0 aliphatic carbocycles. The number of carbonyl (C=O) groups excluding carboxylic acids is 1. The fraction of sp³-hybridized carbons (Fsp3) is 0.235. The van der Waals surface area contributed by atoms with E-state index in [2.05, 4.69) is 0 Å². The minimum atomic E-state index is -0.738. The van der Waals surface area contributed by atoms with Gasteiger partial charge in [0.2, 0.25) is 5.91 Å². The zero-order valence-corrected chi connectivity index (χ0v) is 12.8. The van der Waals surface area contributed by atoms with Crippen molar-refractivity contribution in [2.24, 2.45) is 0 Å². The average Bonchev–Trinajstić information content (AvgIpc) is 2.82. The van der Waals surface area contributed by atoms with Gasteiger partial charge in [0, 0.05) is 14.2 Å². The summed E-state index contributed by atoms with van der Waals surface area (Å²) in [7, 11) is 3.42.